The Kier molecular flexibility index (Phi) is 19.1. The summed E-state index contributed by atoms with van der Waals surface area (Å²) in [4.78, 5) is 37.4. The zero-order chi connectivity index (χ0) is 42.2. The molecule has 2 saturated heterocycles. The topological polar surface area (TPSA) is 137 Å². The lowest BCUT2D eigenvalue weighted by Crippen LogP contribution is -3.00. The van der Waals surface area contributed by atoms with Gasteiger partial charge in [-0.3, -0.25) is 0 Å². The maximum Gasteiger partial charge on any atom is 0.408 e. The number of hydrogen-bond donors (Lipinski definition) is 2. The third-order valence-corrected chi connectivity index (χ3v) is 10.9. The highest BCUT2D eigenvalue weighted by atomic mass is 35.5. The minimum Gasteiger partial charge on any atom is -1.00 e. The lowest BCUT2D eigenvalue weighted by atomic mass is 9.80. The summed E-state index contributed by atoms with van der Waals surface area (Å²) >= 11 is 0. The van der Waals surface area contributed by atoms with E-state index in [9.17, 15) is 14.4 Å². The van der Waals surface area contributed by atoms with Crippen LogP contribution < -0.4 is 23.5 Å². The molecule has 0 spiro atoms. The van der Waals surface area contributed by atoms with Crippen LogP contribution in [0.4, 0.5) is 4.79 Å². The van der Waals surface area contributed by atoms with E-state index in [1.54, 1.807) is 20.8 Å². The van der Waals surface area contributed by atoms with Gasteiger partial charge in [-0.1, -0.05) is 121 Å². The fourth-order valence-corrected chi connectivity index (χ4v) is 7.81. The Bertz CT molecular complexity index is 1860. The molecule has 6 rings (SSSR count). The Morgan fingerprint density at radius 2 is 0.967 bits per heavy atom. The number of carbonyl (C=O) groups excluding carboxylic acids is 3. The Balaban J connectivity index is 0.000000267. The van der Waals surface area contributed by atoms with Crippen molar-refractivity contribution in [1.82, 2.24) is 5.32 Å². The van der Waals surface area contributed by atoms with Gasteiger partial charge in [-0.25, -0.2) is 14.4 Å². The van der Waals surface area contributed by atoms with Crippen molar-refractivity contribution in [2.45, 2.75) is 90.2 Å². The van der Waals surface area contributed by atoms with Gasteiger partial charge in [0.15, 0.2) is 6.04 Å². The molecule has 0 aliphatic carbocycles. The average molecular weight is 844 g/mol. The van der Waals surface area contributed by atoms with Crippen molar-refractivity contribution in [3.63, 3.8) is 0 Å². The molecule has 2 fully saturated rings. The molecule has 0 saturated carbocycles. The Labute approximate surface area is 362 Å². The number of amides is 1. The molecule has 2 heterocycles. The van der Waals surface area contributed by atoms with Crippen molar-refractivity contribution in [2.75, 3.05) is 26.4 Å². The molecule has 8 atom stereocenters. The molecular formula is C49H63ClN2O8. The third kappa shape index (κ3) is 15.7. The van der Waals surface area contributed by atoms with Crippen LogP contribution in [-0.2, 0) is 59.0 Å². The van der Waals surface area contributed by atoms with Gasteiger partial charge in [0.25, 0.3) is 0 Å². The molecule has 60 heavy (non-hydrogen) atoms. The summed E-state index contributed by atoms with van der Waals surface area (Å²) in [5.74, 6) is -0.132. The zero-order valence-electron chi connectivity index (χ0n) is 35.7. The van der Waals surface area contributed by atoms with Gasteiger partial charge in [0.2, 0.25) is 6.04 Å². The Hall–Kier alpha value is -4.74. The second-order valence-corrected chi connectivity index (χ2v) is 16.9. The summed E-state index contributed by atoms with van der Waals surface area (Å²) in [5, 5.41) is 2.61. The van der Waals surface area contributed by atoms with Gasteiger partial charge in [0.1, 0.15) is 24.4 Å². The number of nitrogens with one attached hydrogen (secondary N) is 1. The molecule has 0 unspecified atom stereocenters. The summed E-state index contributed by atoms with van der Waals surface area (Å²) in [6.45, 7) is 10.7. The minimum absolute atomic E-state index is 0. The van der Waals surface area contributed by atoms with Gasteiger partial charge in [-0.15, -0.1) is 0 Å². The average Bonchev–Trinajstić information content (AvgIpc) is 3.29. The number of quaternary nitrogens is 1. The monoisotopic (exact) mass is 842 g/mol. The number of ether oxygens (including phenoxy) is 5. The van der Waals surface area contributed by atoms with Crippen molar-refractivity contribution in [3.8, 4) is 0 Å². The molecular weight excluding hydrogens is 780 g/mol. The first-order valence-corrected chi connectivity index (χ1v) is 20.9. The normalized spacial score (nSPS) is 25.0. The largest absolute Gasteiger partial charge is 1.00 e. The zero-order valence-corrected chi connectivity index (χ0v) is 36.4. The van der Waals surface area contributed by atoms with Crippen LogP contribution in [0.25, 0.3) is 0 Å². The predicted molar refractivity (Wildman–Crippen MR) is 227 cm³/mol. The lowest BCUT2D eigenvalue weighted by molar-refractivity contribution is -0.415. The van der Waals surface area contributed by atoms with Gasteiger partial charge < -0.3 is 47.1 Å². The number of rotatable bonds is 9. The summed E-state index contributed by atoms with van der Waals surface area (Å²) in [5.41, 5.74) is 8.14. The van der Waals surface area contributed by atoms with Crippen molar-refractivity contribution < 1.29 is 56.2 Å². The number of carbonyl (C=O) groups is 3. The summed E-state index contributed by atoms with van der Waals surface area (Å²) in [6, 6.07) is 39.9. The van der Waals surface area contributed by atoms with E-state index < -0.39 is 29.7 Å². The number of benzene rings is 4. The van der Waals surface area contributed by atoms with Crippen LogP contribution in [0.1, 0.15) is 56.9 Å². The molecule has 2 aliphatic rings. The Morgan fingerprint density at radius 1 is 0.600 bits per heavy atom. The van der Waals surface area contributed by atoms with Crippen LogP contribution >= 0.6 is 0 Å². The van der Waals surface area contributed by atoms with Gasteiger partial charge in [0.05, 0.1) is 19.8 Å². The maximum atomic E-state index is 12.9. The van der Waals surface area contributed by atoms with Crippen molar-refractivity contribution in [3.05, 3.63) is 144 Å². The van der Waals surface area contributed by atoms with Crippen LogP contribution in [0.3, 0.4) is 0 Å². The standard InChI is InChI=1S/C27H35NO5.C22H27NO3.ClH/c1-19-23(16-21-13-9-6-10-14-21)22(15-20-11-7-5-8-12-20)17-31-18-24(25(29)32-19)28-26(30)33-27(2,3)4;1-16-20(13-18-10-6-3-7-11-18)19(12-17-8-4-2-5-9-17)14-25-15-21(23)22(24)26-16;/h5-14,19,22-24H,15-18H2,1-4H3,(H,28,30);2-11,16,19-21H,12-15,23H2,1H3;1H/t19-,22-,23-,24-;16-,19-,20-,21-;/m00./s1. The maximum absolute atomic E-state index is 12.9. The molecule has 10 nitrogen and oxygen atoms in total. The molecule has 0 bridgehead atoms. The summed E-state index contributed by atoms with van der Waals surface area (Å²) in [7, 11) is 0. The molecule has 4 aromatic rings. The third-order valence-electron chi connectivity index (χ3n) is 10.9. The first-order chi connectivity index (χ1) is 28.3. The molecule has 0 aromatic heterocycles. The van der Waals surface area contributed by atoms with E-state index >= 15 is 0 Å². The van der Waals surface area contributed by atoms with Crippen LogP contribution in [0, 0.1) is 23.7 Å². The first-order valence-electron chi connectivity index (χ1n) is 20.9. The smallest absolute Gasteiger partial charge is 0.408 e. The Morgan fingerprint density at radius 3 is 1.37 bits per heavy atom. The molecule has 4 aromatic carbocycles. The predicted octanol–water partition coefficient (Wildman–Crippen LogP) is 3.84. The molecule has 1 amide bonds. The molecule has 11 heteroatoms. The van der Waals surface area contributed by atoms with Crippen molar-refractivity contribution in [1.29, 1.82) is 0 Å². The number of halogens is 1. The molecule has 2 aliphatic heterocycles. The van der Waals surface area contributed by atoms with E-state index in [4.69, 9.17) is 23.7 Å². The van der Waals surface area contributed by atoms with Gasteiger partial charge >= 0.3 is 18.0 Å². The molecule has 4 N–H and O–H groups in total. The molecule has 324 valence electrons. The number of alkyl carbamates (subject to hydrolysis) is 1. The van der Waals surface area contributed by atoms with E-state index in [0.717, 1.165) is 25.7 Å². The van der Waals surface area contributed by atoms with Gasteiger partial charge in [-0.2, -0.15) is 0 Å². The minimum atomic E-state index is -0.921. The fourth-order valence-electron chi connectivity index (χ4n) is 7.81. The van der Waals surface area contributed by atoms with Crippen molar-refractivity contribution >= 4 is 18.0 Å². The van der Waals surface area contributed by atoms with Crippen LogP contribution in [0.2, 0.25) is 0 Å². The molecule has 0 radical (unpaired) electrons. The van der Waals surface area contributed by atoms with E-state index in [-0.39, 0.29) is 60.9 Å². The summed E-state index contributed by atoms with van der Waals surface area (Å²) in [6.07, 6.45) is 2.14. The van der Waals surface area contributed by atoms with Crippen LogP contribution in [0.15, 0.2) is 121 Å². The summed E-state index contributed by atoms with van der Waals surface area (Å²) < 4.78 is 28.8. The highest BCUT2D eigenvalue weighted by Gasteiger charge is 2.36. The highest BCUT2D eigenvalue weighted by molar-refractivity contribution is 5.81. The van der Waals surface area contributed by atoms with E-state index in [1.807, 2.05) is 62.4 Å². The lowest BCUT2D eigenvalue weighted by Gasteiger charge is -2.31. The van der Waals surface area contributed by atoms with Gasteiger partial charge in [-0.05, 0) is 94.4 Å². The number of esters is 2. The van der Waals surface area contributed by atoms with E-state index in [1.165, 1.54) is 22.3 Å². The quantitative estimate of drug-likeness (QED) is 0.192. The fraction of sp³-hybridized carbons (Fsp3) is 0.449. The van der Waals surface area contributed by atoms with Gasteiger partial charge in [0, 0.05) is 11.8 Å². The second kappa shape index (κ2) is 23.9. The number of hydrogen-bond acceptors (Lipinski definition) is 8. The number of cyclic esters (lactones) is 2. The first kappa shape index (κ1) is 47.9. The van der Waals surface area contributed by atoms with E-state index in [0.29, 0.717) is 19.8 Å². The van der Waals surface area contributed by atoms with E-state index in [2.05, 4.69) is 83.8 Å². The SMILES string of the molecule is C[C@@H]1OC(=O)[C@@H](NC(=O)OC(C)(C)C)COC[C@H](Cc2ccccc2)[C@H]1Cc1ccccc1.C[C@@H]1OC(=O)[C@@H]([NH3+])COC[C@H](Cc2ccccc2)[C@H]1Cc1ccccc1.[Cl-]. The van der Waals surface area contributed by atoms with Crippen molar-refractivity contribution in [2.24, 2.45) is 23.7 Å². The second-order valence-electron chi connectivity index (χ2n) is 16.9. The van der Waals surface area contributed by atoms with Crippen LogP contribution in [0.5, 0.6) is 0 Å². The van der Waals surface area contributed by atoms with Crippen LogP contribution in [-0.4, -0.2) is 74.4 Å². The highest BCUT2D eigenvalue weighted by Crippen LogP contribution is 2.30.